The maximum Gasteiger partial charge on any atom is 0.108 e. The fraction of sp³-hybridized carbons (Fsp3) is 1.00. The molecule has 0 amide bonds. The number of alkyl halides is 1. The molecule has 0 spiro atoms. The predicted octanol–water partition coefficient (Wildman–Crippen LogP) is 1.54. The van der Waals surface area contributed by atoms with Crippen molar-refractivity contribution >= 4 is 22.6 Å². The normalized spacial score (nSPS) is 33.0. The third kappa shape index (κ3) is 2.36. The summed E-state index contributed by atoms with van der Waals surface area (Å²) in [5.41, 5.74) is 0. The van der Waals surface area contributed by atoms with E-state index in [1.165, 1.54) is 6.42 Å². The Labute approximate surface area is 75.8 Å². The summed E-state index contributed by atoms with van der Waals surface area (Å²) in [6, 6.07) is 0.595. The van der Waals surface area contributed by atoms with Gasteiger partial charge in [-0.15, -0.1) is 0 Å². The zero-order valence-electron chi connectivity index (χ0n) is 6.27. The van der Waals surface area contributed by atoms with Crippen molar-refractivity contribution in [3.63, 3.8) is 0 Å². The predicted molar refractivity (Wildman–Crippen MR) is 50.5 cm³/mol. The van der Waals surface area contributed by atoms with E-state index in [9.17, 15) is 0 Å². The van der Waals surface area contributed by atoms with Crippen LogP contribution in [0.3, 0.4) is 0 Å². The smallest absolute Gasteiger partial charge is 0.108 e. The minimum Gasteiger partial charge on any atom is -0.362 e. The zero-order chi connectivity index (χ0) is 7.40. The second-order valence-corrected chi connectivity index (χ2v) is 3.51. The van der Waals surface area contributed by atoms with Crippen molar-refractivity contribution in [1.82, 2.24) is 5.32 Å². The van der Waals surface area contributed by atoms with E-state index in [-0.39, 0.29) is 0 Å². The molecule has 1 aliphatic heterocycles. The molecule has 0 aromatic heterocycles. The lowest BCUT2D eigenvalue weighted by molar-refractivity contribution is 0.0929. The summed E-state index contributed by atoms with van der Waals surface area (Å²) >= 11 is 2.39. The second kappa shape index (κ2) is 4.51. The number of ether oxygens (including phenoxy) is 1. The van der Waals surface area contributed by atoms with E-state index in [1.807, 2.05) is 0 Å². The van der Waals surface area contributed by atoms with Crippen LogP contribution in [0, 0.1) is 0 Å². The van der Waals surface area contributed by atoms with Crippen LogP contribution in [0.4, 0.5) is 0 Å². The fourth-order valence-corrected chi connectivity index (χ4v) is 1.62. The van der Waals surface area contributed by atoms with Gasteiger partial charge in [0, 0.05) is 10.5 Å². The molecule has 1 N–H and O–H groups in total. The largest absolute Gasteiger partial charge is 0.362 e. The quantitative estimate of drug-likeness (QED) is 0.610. The fourth-order valence-electron chi connectivity index (χ4n) is 1.11. The monoisotopic (exact) mass is 255 g/mol. The van der Waals surface area contributed by atoms with Gasteiger partial charge in [0.05, 0.1) is 6.61 Å². The SMILES string of the molecule is CCCC1NC(CI)CO1. The van der Waals surface area contributed by atoms with E-state index in [2.05, 4.69) is 34.8 Å². The Bertz CT molecular complexity index is 99.6. The van der Waals surface area contributed by atoms with Crippen molar-refractivity contribution in [3.8, 4) is 0 Å². The molecule has 0 radical (unpaired) electrons. The second-order valence-electron chi connectivity index (χ2n) is 2.63. The van der Waals surface area contributed by atoms with Gasteiger partial charge in [0.15, 0.2) is 0 Å². The standard InChI is InChI=1S/C7H14INO/c1-2-3-7-9-6(4-8)5-10-7/h6-7,9H,2-5H2,1H3. The first-order valence-corrected chi connectivity index (χ1v) is 5.33. The molecule has 2 unspecified atom stereocenters. The van der Waals surface area contributed by atoms with E-state index in [1.54, 1.807) is 0 Å². The van der Waals surface area contributed by atoms with Crippen LogP contribution in [0.2, 0.25) is 0 Å². The summed E-state index contributed by atoms with van der Waals surface area (Å²) in [4.78, 5) is 0. The van der Waals surface area contributed by atoms with E-state index in [0.29, 0.717) is 12.3 Å². The molecule has 1 aliphatic rings. The molecule has 0 aromatic rings. The Hall–Kier alpha value is 0.650. The van der Waals surface area contributed by atoms with Gasteiger partial charge >= 0.3 is 0 Å². The van der Waals surface area contributed by atoms with Gasteiger partial charge in [0.25, 0.3) is 0 Å². The third-order valence-corrected chi connectivity index (χ3v) is 2.72. The minimum atomic E-state index is 0.338. The Morgan fingerprint density at radius 2 is 2.50 bits per heavy atom. The van der Waals surface area contributed by atoms with Gasteiger partial charge in [-0.1, -0.05) is 35.9 Å². The Balaban J connectivity index is 2.15. The molecular formula is C7H14INO. The molecule has 0 aromatic carbocycles. The molecule has 1 saturated heterocycles. The van der Waals surface area contributed by atoms with Crippen LogP contribution in [0.5, 0.6) is 0 Å². The van der Waals surface area contributed by atoms with Crippen molar-refractivity contribution in [3.05, 3.63) is 0 Å². The van der Waals surface area contributed by atoms with Gasteiger partial charge in [0.1, 0.15) is 6.23 Å². The average Bonchev–Trinajstić information content (AvgIpc) is 2.37. The van der Waals surface area contributed by atoms with Gasteiger partial charge in [0.2, 0.25) is 0 Å². The maximum absolute atomic E-state index is 5.48. The first kappa shape index (κ1) is 8.74. The molecule has 10 heavy (non-hydrogen) atoms. The van der Waals surface area contributed by atoms with Crippen molar-refractivity contribution in [2.24, 2.45) is 0 Å². The molecule has 0 aliphatic carbocycles. The van der Waals surface area contributed by atoms with Crippen LogP contribution in [-0.4, -0.2) is 23.3 Å². The van der Waals surface area contributed by atoms with Crippen LogP contribution in [-0.2, 0) is 4.74 Å². The first-order chi connectivity index (χ1) is 4.86. The summed E-state index contributed by atoms with van der Waals surface area (Å²) in [6.45, 7) is 3.08. The van der Waals surface area contributed by atoms with E-state index in [4.69, 9.17) is 4.74 Å². The van der Waals surface area contributed by atoms with Crippen molar-refractivity contribution < 1.29 is 4.74 Å². The molecule has 3 heteroatoms. The number of halogens is 1. The van der Waals surface area contributed by atoms with Crippen LogP contribution < -0.4 is 5.32 Å². The lowest BCUT2D eigenvalue weighted by atomic mass is 10.3. The third-order valence-electron chi connectivity index (χ3n) is 1.66. The summed E-state index contributed by atoms with van der Waals surface area (Å²) in [6.07, 6.45) is 2.68. The van der Waals surface area contributed by atoms with Gasteiger partial charge in [-0.25, -0.2) is 0 Å². The number of hydrogen-bond donors (Lipinski definition) is 1. The number of hydrogen-bond acceptors (Lipinski definition) is 2. The number of nitrogens with one attached hydrogen (secondary N) is 1. The highest BCUT2D eigenvalue weighted by Crippen LogP contribution is 2.09. The van der Waals surface area contributed by atoms with E-state index < -0.39 is 0 Å². The first-order valence-electron chi connectivity index (χ1n) is 3.80. The highest BCUT2D eigenvalue weighted by Gasteiger charge is 2.21. The molecule has 60 valence electrons. The van der Waals surface area contributed by atoms with E-state index in [0.717, 1.165) is 17.5 Å². The molecular weight excluding hydrogens is 241 g/mol. The van der Waals surface area contributed by atoms with Crippen LogP contribution in [0.1, 0.15) is 19.8 Å². The van der Waals surface area contributed by atoms with Gasteiger partial charge in [-0.2, -0.15) is 0 Å². The topological polar surface area (TPSA) is 21.3 Å². The lowest BCUT2D eigenvalue weighted by Crippen LogP contribution is -2.31. The van der Waals surface area contributed by atoms with Crippen LogP contribution >= 0.6 is 22.6 Å². The summed E-state index contributed by atoms with van der Waals surface area (Å²) < 4.78 is 6.63. The molecule has 2 nitrogen and oxygen atoms in total. The maximum atomic E-state index is 5.48. The Kier molecular flexibility index (Phi) is 3.95. The van der Waals surface area contributed by atoms with E-state index >= 15 is 0 Å². The molecule has 2 atom stereocenters. The van der Waals surface area contributed by atoms with Crippen molar-refractivity contribution in [2.45, 2.75) is 32.0 Å². The minimum absolute atomic E-state index is 0.338. The van der Waals surface area contributed by atoms with Crippen molar-refractivity contribution in [1.29, 1.82) is 0 Å². The van der Waals surface area contributed by atoms with Gasteiger partial charge in [-0.05, 0) is 6.42 Å². The van der Waals surface area contributed by atoms with Crippen molar-refractivity contribution in [2.75, 3.05) is 11.0 Å². The molecule has 0 bridgehead atoms. The van der Waals surface area contributed by atoms with Gasteiger partial charge < -0.3 is 4.74 Å². The number of rotatable bonds is 3. The summed E-state index contributed by atoms with van der Waals surface area (Å²) in [5, 5.41) is 3.41. The summed E-state index contributed by atoms with van der Waals surface area (Å²) in [7, 11) is 0. The van der Waals surface area contributed by atoms with Crippen LogP contribution in [0.15, 0.2) is 0 Å². The Morgan fingerprint density at radius 3 is 3.00 bits per heavy atom. The molecule has 1 rings (SSSR count). The average molecular weight is 255 g/mol. The zero-order valence-corrected chi connectivity index (χ0v) is 8.43. The lowest BCUT2D eigenvalue weighted by Gasteiger charge is -2.08. The highest BCUT2D eigenvalue weighted by molar-refractivity contribution is 14.1. The molecule has 1 fully saturated rings. The summed E-state index contributed by atoms with van der Waals surface area (Å²) in [5.74, 6) is 0. The van der Waals surface area contributed by atoms with Crippen LogP contribution in [0.25, 0.3) is 0 Å². The highest BCUT2D eigenvalue weighted by atomic mass is 127. The Morgan fingerprint density at radius 1 is 1.70 bits per heavy atom. The molecule has 0 saturated carbocycles. The van der Waals surface area contributed by atoms with Gasteiger partial charge in [-0.3, -0.25) is 5.32 Å². The molecule has 1 heterocycles.